The van der Waals surface area contributed by atoms with Crippen LogP contribution in [0.2, 0.25) is 0 Å². The van der Waals surface area contributed by atoms with Crippen LogP contribution in [-0.4, -0.2) is 12.7 Å². The number of benzene rings is 2. The van der Waals surface area contributed by atoms with E-state index in [1.54, 1.807) is 36.4 Å². The van der Waals surface area contributed by atoms with Crippen LogP contribution in [0, 0.1) is 0 Å². The molecule has 3 rings (SSSR count). The Kier molecular flexibility index (Phi) is 3.23. The summed E-state index contributed by atoms with van der Waals surface area (Å²) in [5, 5.41) is 2.80. The Hall–Kier alpha value is -2.21. The molecule has 3 N–H and O–H groups in total. The summed E-state index contributed by atoms with van der Waals surface area (Å²) >= 11 is 3.32. The van der Waals surface area contributed by atoms with Crippen LogP contribution in [0.1, 0.15) is 10.4 Å². The first kappa shape index (κ1) is 12.8. The molecule has 2 aromatic rings. The molecule has 20 heavy (non-hydrogen) atoms. The number of carbonyl (C=O) groups is 1. The molecule has 1 heterocycles. The third kappa shape index (κ3) is 2.42. The van der Waals surface area contributed by atoms with Gasteiger partial charge in [0, 0.05) is 21.4 Å². The number of nitrogens with two attached hydrogens (primary N) is 1. The first-order chi connectivity index (χ1) is 9.63. The third-order valence-corrected chi connectivity index (χ3v) is 3.58. The van der Waals surface area contributed by atoms with Gasteiger partial charge in [-0.05, 0) is 52.3 Å². The Bertz CT molecular complexity index is 688. The minimum atomic E-state index is -0.222. The van der Waals surface area contributed by atoms with Crippen molar-refractivity contribution >= 4 is 33.2 Å². The van der Waals surface area contributed by atoms with Crippen molar-refractivity contribution in [3.63, 3.8) is 0 Å². The summed E-state index contributed by atoms with van der Waals surface area (Å²) in [6, 6.07) is 10.3. The van der Waals surface area contributed by atoms with E-state index < -0.39 is 0 Å². The number of anilines is 2. The van der Waals surface area contributed by atoms with Crippen LogP contribution in [0.4, 0.5) is 11.4 Å². The van der Waals surface area contributed by atoms with Crippen LogP contribution in [0.15, 0.2) is 40.9 Å². The topological polar surface area (TPSA) is 73.6 Å². The van der Waals surface area contributed by atoms with Gasteiger partial charge in [0.1, 0.15) is 0 Å². The number of nitrogens with one attached hydrogen (secondary N) is 1. The van der Waals surface area contributed by atoms with E-state index in [9.17, 15) is 4.79 Å². The Morgan fingerprint density at radius 1 is 1.15 bits per heavy atom. The van der Waals surface area contributed by atoms with Gasteiger partial charge in [-0.3, -0.25) is 4.79 Å². The van der Waals surface area contributed by atoms with Crippen LogP contribution in [0.5, 0.6) is 11.5 Å². The fourth-order valence-corrected chi connectivity index (χ4v) is 2.22. The maximum absolute atomic E-state index is 12.2. The fourth-order valence-electron chi connectivity index (χ4n) is 1.85. The van der Waals surface area contributed by atoms with E-state index in [-0.39, 0.29) is 12.7 Å². The molecule has 1 aliphatic rings. The molecular formula is C14H11BrN2O3. The van der Waals surface area contributed by atoms with Crippen molar-refractivity contribution in [3.05, 3.63) is 46.4 Å². The molecule has 102 valence electrons. The van der Waals surface area contributed by atoms with Crippen molar-refractivity contribution in [2.75, 3.05) is 17.8 Å². The average molecular weight is 335 g/mol. The van der Waals surface area contributed by atoms with Gasteiger partial charge in [-0.25, -0.2) is 0 Å². The first-order valence-corrected chi connectivity index (χ1v) is 6.69. The minimum Gasteiger partial charge on any atom is -0.454 e. The van der Waals surface area contributed by atoms with Gasteiger partial charge >= 0.3 is 0 Å². The predicted molar refractivity (Wildman–Crippen MR) is 79.1 cm³/mol. The highest BCUT2D eigenvalue weighted by atomic mass is 79.9. The van der Waals surface area contributed by atoms with Gasteiger partial charge < -0.3 is 20.5 Å². The number of fused-ring (bicyclic) bond motifs is 1. The van der Waals surface area contributed by atoms with Crippen molar-refractivity contribution in [1.29, 1.82) is 0 Å². The molecule has 0 aromatic heterocycles. The standard InChI is InChI=1S/C14H11BrN2O3/c15-10-6-9(2-3-11(10)16)17-14(18)8-1-4-12-13(5-8)20-7-19-12/h1-6H,7,16H2,(H,17,18). The number of ether oxygens (including phenoxy) is 2. The molecule has 0 fully saturated rings. The normalized spacial score (nSPS) is 12.2. The smallest absolute Gasteiger partial charge is 0.255 e. The van der Waals surface area contributed by atoms with E-state index >= 15 is 0 Å². The Labute approximate surface area is 123 Å². The van der Waals surface area contributed by atoms with Gasteiger partial charge in [0.05, 0.1) is 0 Å². The number of carbonyl (C=O) groups excluding carboxylic acids is 1. The molecule has 0 saturated carbocycles. The lowest BCUT2D eigenvalue weighted by Gasteiger charge is -2.07. The molecule has 0 aliphatic carbocycles. The number of nitrogen functional groups attached to an aromatic ring is 1. The van der Waals surface area contributed by atoms with E-state index in [4.69, 9.17) is 15.2 Å². The van der Waals surface area contributed by atoms with Gasteiger partial charge in [-0.1, -0.05) is 0 Å². The number of rotatable bonds is 2. The van der Waals surface area contributed by atoms with Crippen molar-refractivity contribution < 1.29 is 14.3 Å². The number of hydrogen-bond acceptors (Lipinski definition) is 4. The van der Waals surface area contributed by atoms with Crippen LogP contribution >= 0.6 is 15.9 Å². The zero-order chi connectivity index (χ0) is 14.1. The fraction of sp³-hybridized carbons (Fsp3) is 0.0714. The summed E-state index contributed by atoms with van der Waals surface area (Å²) in [5.74, 6) is 1.01. The van der Waals surface area contributed by atoms with Gasteiger partial charge in [-0.15, -0.1) is 0 Å². The van der Waals surface area contributed by atoms with Gasteiger partial charge in [-0.2, -0.15) is 0 Å². The Morgan fingerprint density at radius 3 is 2.75 bits per heavy atom. The molecule has 1 aliphatic heterocycles. The lowest BCUT2D eigenvalue weighted by Crippen LogP contribution is -2.11. The summed E-state index contributed by atoms with van der Waals surface area (Å²) in [6.45, 7) is 0.186. The summed E-state index contributed by atoms with van der Waals surface area (Å²) < 4.78 is 11.2. The van der Waals surface area contributed by atoms with Gasteiger partial charge in [0.2, 0.25) is 6.79 Å². The molecule has 1 amide bonds. The molecule has 2 aromatic carbocycles. The second kappa shape index (κ2) is 5.05. The third-order valence-electron chi connectivity index (χ3n) is 2.89. The summed E-state index contributed by atoms with van der Waals surface area (Å²) in [4.78, 5) is 12.2. The van der Waals surface area contributed by atoms with Crippen LogP contribution < -0.4 is 20.5 Å². The maximum atomic E-state index is 12.2. The molecule has 5 nitrogen and oxygen atoms in total. The van der Waals surface area contributed by atoms with Crippen LogP contribution in [0.25, 0.3) is 0 Å². The molecular weight excluding hydrogens is 324 g/mol. The Morgan fingerprint density at radius 2 is 1.95 bits per heavy atom. The molecule has 6 heteroatoms. The minimum absolute atomic E-state index is 0.186. The molecule has 0 unspecified atom stereocenters. The highest BCUT2D eigenvalue weighted by molar-refractivity contribution is 9.10. The zero-order valence-electron chi connectivity index (χ0n) is 10.4. The lowest BCUT2D eigenvalue weighted by atomic mass is 10.2. The molecule has 0 bridgehead atoms. The van der Waals surface area contributed by atoms with Crippen LogP contribution in [0.3, 0.4) is 0 Å². The molecule has 0 saturated heterocycles. The SMILES string of the molecule is Nc1ccc(NC(=O)c2ccc3c(c2)OCO3)cc1Br. The van der Waals surface area contributed by atoms with E-state index in [0.29, 0.717) is 28.4 Å². The van der Waals surface area contributed by atoms with Crippen molar-refractivity contribution in [3.8, 4) is 11.5 Å². The van der Waals surface area contributed by atoms with E-state index in [2.05, 4.69) is 21.2 Å². The first-order valence-electron chi connectivity index (χ1n) is 5.89. The van der Waals surface area contributed by atoms with Gasteiger partial charge in [0.15, 0.2) is 11.5 Å². The lowest BCUT2D eigenvalue weighted by molar-refractivity contribution is 0.102. The number of halogens is 1. The van der Waals surface area contributed by atoms with E-state index in [1.807, 2.05) is 0 Å². The largest absolute Gasteiger partial charge is 0.454 e. The summed E-state index contributed by atoms with van der Waals surface area (Å²) in [7, 11) is 0. The van der Waals surface area contributed by atoms with Gasteiger partial charge in [0.25, 0.3) is 5.91 Å². The quantitative estimate of drug-likeness (QED) is 0.828. The monoisotopic (exact) mass is 334 g/mol. The average Bonchev–Trinajstić information content (AvgIpc) is 2.90. The number of hydrogen-bond donors (Lipinski definition) is 2. The van der Waals surface area contributed by atoms with Crippen LogP contribution in [-0.2, 0) is 0 Å². The van der Waals surface area contributed by atoms with Crippen molar-refractivity contribution in [2.45, 2.75) is 0 Å². The predicted octanol–water partition coefficient (Wildman–Crippen LogP) is 3.01. The summed E-state index contributed by atoms with van der Waals surface area (Å²) in [5.41, 5.74) is 7.48. The molecule has 0 radical (unpaired) electrons. The molecule has 0 atom stereocenters. The second-order valence-corrected chi connectivity index (χ2v) is 5.11. The maximum Gasteiger partial charge on any atom is 0.255 e. The Balaban J connectivity index is 1.80. The highest BCUT2D eigenvalue weighted by Crippen LogP contribution is 2.32. The zero-order valence-corrected chi connectivity index (χ0v) is 11.9. The highest BCUT2D eigenvalue weighted by Gasteiger charge is 2.16. The second-order valence-electron chi connectivity index (χ2n) is 4.26. The van der Waals surface area contributed by atoms with Crippen molar-refractivity contribution in [2.24, 2.45) is 0 Å². The number of amides is 1. The van der Waals surface area contributed by atoms with Crippen molar-refractivity contribution in [1.82, 2.24) is 0 Å². The van der Waals surface area contributed by atoms with E-state index in [1.165, 1.54) is 0 Å². The van der Waals surface area contributed by atoms with E-state index in [0.717, 1.165) is 4.47 Å². The molecule has 0 spiro atoms. The summed E-state index contributed by atoms with van der Waals surface area (Å²) in [6.07, 6.45) is 0.